The number of guanidine groups is 1. The summed E-state index contributed by atoms with van der Waals surface area (Å²) >= 11 is 0. The molecule has 2 aliphatic rings. The zero-order valence-electron chi connectivity index (χ0n) is 18.3. The molecule has 1 saturated heterocycles. The Hall–Kier alpha value is -2.08. The van der Waals surface area contributed by atoms with Crippen LogP contribution in [0.3, 0.4) is 0 Å². The first-order chi connectivity index (χ1) is 13.9. The summed E-state index contributed by atoms with van der Waals surface area (Å²) in [7, 11) is 0. The first-order valence-corrected chi connectivity index (χ1v) is 11.0. The van der Waals surface area contributed by atoms with E-state index in [1.807, 2.05) is 0 Å². The number of aliphatic imine (C=N–C) groups is 1. The maximum absolute atomic E-state index is 12.0. The van der Waals surface area contributed by atoms with Gasteiger partial charge in [0.05, 0.1) is 6.54 Å². The van der Waals surface area contributed by atoms with E-state index in [0.29, 0.717) is 12.6 Å². The van der Waals surface area contributed by atoms with Crippen molar-refractivity contribution in [1.29, 1.82) is 0 Å². The van der Waals surface area contributed by atoms with Gasteiger partial charge in [-0.3, -0.25) is 14.7 Å². The van der Waals surface area contributed by atoms with Crippen molar-refractivity contribution in [3.63, 3.8) is 0 Å². The molecule has 1 heterocycles. The first kappa shape index (κ1) is 21.6. The Kier molecular flexibility index (Phi) is 7.53. The molecule has 1 saturated carbocycles. The highest BCUT2D eigenvalue weighted by Crippen LogP contribution is 2.22. The molecule has 160 valence electrons. The molecule has 0 spiro atoms. The van der Waals surface area contributed by atoms with Crippen molar-refractivity contribution < 1.29 is 4.79 Å². The summed E-state index contributed by atoms with van der Waals surface area (Å²) in [6, 6.07) is 11.1. The van der Waals surface area contributed by atoms with Crippen LogP contribution < -0.4 is 10.6 Å². The van der Waals surface area contributed by atoms with Gasteiger partial charge in [0, 0.05) is 45.3 Å². The van der Waals surface area contributed by atoms with Crippen LogP contribution in [0.5, 0.6) is 0 Å². The zero-order chi connectivity index (χ0) is 20.7. The van der Waals surface area contributed by atoms with E-state index in [1.165, 1.54) is 5.56 Å². The van der Waals surface area contributed by atoms with Crippen LogP contribution in [0.15, 0.2) is 35.3 Å². The third-order valence-corrected chi connectivity index (χ3v) is 5.50. The van der Waals surface area contributed by atoms with Gasteiger partial charge < -0.3 is 15.5 Å². The van der Waals surface area contributed by atoms with Crippen LogP contribution in [0.4, 0.5) is 0 Å². The Morgan fingerprint density at radius 3 is 2.45 bits per heavy atom. The predicted octanol–water partition coefficient (Wildman–Crippen LogP) is 2.12. The van der Waals surface area contributed by atoms with Gasteiger partial charge in [-0.05, 0) is 37.2 Å². The van der Waals surface area contributed by atoms with Gasteiger partial charge in [-0.15, -0.1) is 0 Å². The van der Waals surface area contributed by atoms with E-state index < -0.39 is 0 Å². The molecule has 0 bridgehead atoms. The zero-order valence-corrected chi connectivity index (χ0v) is 18.3. The Balaban J connectivity index is 1.50. The molecule has 1 aromatic rings. The van der Waals surface area contributed by atoms with Gasteiger partial charge in [-0.2, -0.15) is 0 Å². The number of benzene rings is 1. The molecule has 6 nitrogen and oxygen atoms in total. The lowest BCUT2D eigenvalue weighted by Crippen LogP contribution is -2.54. The van der Waals surface area contributed by atoms with Crippen molar-refractivity contribution in [3.8, 4) is 0 Å². The second kappa shape index (κ2) is 10.1. The van der Waals surface area contributed by atoms with Crippen molar-refractivity contribution in [1.82, 2.24) is 20.4 Å². The molecule has 0 unspecified atom stereocenters. The number of rotatable bonds is 8. The summed E-state index contributed by atoms with van der Waals surface area (Å²) in [5, 5.41) is 6.54. The number of carbonyl (C=O) groups is 1. The fourth-order valence-electron chi connectivity index (χ4n) is 3.74. The smallest absolute Gasteiger partial charge is 0.234 e. The molecular formula is C23H37N5O. The largest absolute Gasteiger partial charge is 0.357 e. The third kappa shape index (κ3) is 7.35. The number of amides is 1. The van der Waals surface area contributed by atoms with E-state index in [2.05, 4.69) is 71.5 Å². The van der Waals surface area contributed by atoms with Crippen LogP contribution in [-0.2, 0) is 11.2 Å². The van der Waals surface area contributed by atoms with Crippen LogP contribution in [0.1, 0.15) is 39.2 Å². The lowest BCUT2D eigenvalue weighted by molar-refractivity contribution is -0.122. The highest BCUT2D eigenvalue weighted by Gasteiger charge is 2.26. The molecule has 0 atom stereocenters. The Morgan fingerprint density at radius 2 is 1.83 bits per heavy atom. The van der Waals surface area contributed by atoms with Crippen LogP contribution >= 0.6 is 0 Å². The summed E-state index contributed by atoms with van der Waals surface area (Å²) < 4.78 is 0. The normalized spacial score (nSPS) is 18.6. The average molecular weight is 400 g/mol. The van der Waals surface area contributed by atoms with Crippen molar-refractivity contribution in [2.24, 2.45) is 10.4 Å². The number of piperazine rings is 1. The number of nitrogens with zero attached hydrogens (tertiary/aromatic N) is 3. The molecule has 1 amide bonds. The number of hydrogen-bond donors (Lipinski definition) is 2. The van der Waals surface area contributed by atoms with Crippen LogP contribution in [0.25, 0.3) is 0 Å². The van der Waals surface area contributed by atoms with Crippen molar-refractivity contribution in [2.45, 2.75) is 46.1 Å². The minimum Gasteiger partial charge on any atom is -0.357 e. The topological polar surface area (TPSA) is 60.0 Å². The average Bonchev–Trinajstić information content (AvgIpc) is 3.50. The van der Waals surface area contributed by atoms with Crippen molar-refractivity contribution in [2.75, 3.05) is 45.8 Å². The molecule has 2 N–H and O–H groups in total. The van der Waals surface area contributed by atoms with E-state index in [9.17, 15) is 4.79 Å². The molecule has 1 aliphatic heterocycles. The van der Waals surface area contributed by atoms with Crippen LogP contribution in [0.2, 0.25) is 0 Å². The van der Waals surface area contributed by atoms with Gasteiger partial charge in [0.1, 0.15) is 0 Å². The van der Waals surface area contributed by atoms with E-state index >= 15 is 0 Å². The number of hydrogen-bond acceptors (Lipinski definition) is 3. The second-order valence-electron chi connectivity index (χ2n) is 9.10. The van der Waals surface area contributed by atoms with Gasteiger partial charge in [-0.25, -0.2) is 0 Å². The van der Waals surface area contributed by atoms with E-state index in [4.69, 9.17) is 4.99 Å². The van der Waals surface area contributed by atoms with Crippen LogP contribution in [0, 0.1) is 5.41 Å². The predicted molar refractivity (Wildman–Crippen MR) is 119 cm³/mol. The van der Waals surface area contributed by atoms with Crippen LogP contribution in [-0.4, -0.2) is 73.5 Å². The maximum Gasteiger partial charge on any atom is 0.234 e. The molecule has 2 fully saturated rings. The Bertz CT molecular complexity index is 676. The summed E-state index contributed by atoms with van der Waals surface area (Å²) in [5.41, 5.74) is 1.46. The Labute approximate surface area is 175 Å². The van der Waals surface area contributed by atoms with Crippen molar-refractivity contribution in [3.05, 3.63) is 35.9 Å². The monoisotopic (exact) mass is 399 g/mol. The number of carbonyl (C=O) groups excluding carboxylic acids is 1. The SMILES string of the molecule is CCNC(=NCC(C)(C)Cc1ccccc1)N1CCN(CC(=O)NC2CC2)CC1. The highest BCUT2D eigenvalue weighted by molar-refractivity contribution is 5.80. The van der Waals surface area contributed by atoms with Gasteiger partial charge in [0.2, 0.25) is 5.91 Å². The molecule has 1 aromatic carbocycles. The van der Waals surface area contributed by atoms with Gasteiger partial charge in [-0.1, -0.05) is 44.2 Å². The quantitative estimate of drug-likeness (QED) is 0.519. The van der Waals surface area contributed by atoms with Crippen molar-refractivity contribution >= 4 is 11.9 Å². The van der Waals surface area contributed by atoms with E-state index in [1.54, 1.807) is 0 Å². The molecule has 0 aromatic heterocycles. The lowest BCUT2D eigenvalue weighted by atomic mass is 9.86. The molecule has 29 heavy (non-hydrogen) atoms. The third-order valence-electron chi connectivity index (χ3n) is 5.50. The fourth-order valence-corrected chi connectivity index (χ4v) is 3.74. The summed E-state index contributed by atoms with van der Waals surface area (Å²) in [6.45, 7) is 12.4. The van der Waals surface area contributed by atoms with Gasteiger partial charge in [0.25, 0.3) is 0 Å². The number of nitrogens with one attached hydrogen (secondary N) is 2. The molecule has 1 aliphatic carbocycles. The minimum absolute atomic E-state index is 0.102. The summed E-state index contributed by atoms with van der Waals surface area (Å²) in [4.78, 5) is 21.6. The van der Waals surface area contributed by atoms with Gasteiger partial charge >= 0.3 is 0 Å². The Morgan fingerprint density at radius 1 is 1.14 bits per heavy atom. The van der Waals surface area contributed by atoms with Gasteiger partial charge in [0.15, 0.2) is 5.96 Å². The lowest BCUT2D eigenvalue weighted by Gasteiger charge is -2.36. The summed E-state index contributed by atoms with van der Waals surface area (Å²) in [6.07, 6.45) is 3.30. The molecule has 0 radical (unpaired) electrons. The van der Waals surface area contributed by atoms with E-state index in [0.717, 1.165) is 64.5 Å². The minimum atomic E-state index is 0.102. The second-order valence-corrected chi connectivity index (χ2v) is 9.10. The van der Waals surface area contributed by atoms with E-state index in [-0.39, 0.29) is 11.3 Å². The maximum atomic E-state index is 12.0. The standard InChI is InChI=1S/C23H37N5O/c1-4-24-22(25-18-23(2,3)16-19-8-6-5-7-9-19)28-14-12-27(13-15-28)17-21(29)26-20-10-11-20/h5-9,20H,4,10-18H2,1-3H3,(H,24,25)(H,26,29). The molecule has 6 heteroatoms. The summed E-state index contributed by atoms with van der Waals surface area (Å²) in [5.74, 6) is 1.17. The molecular weight excluding hydrogens is 362 g/mol. The fraction of sp³-hybridized carbons (Fsp3) is 0.652. The molecule has 3 rings (SSSR count). The highest BCUT2D eigenvalue weighted by atomic mass is 16.2. The first-order valence-electron chi connectivity index (χ1n) is 11.0.